The molecule has 5 aromatic rings. The van der Waals surface area contributed by atoms with Gasteiger partial charge in [-0.2, -0.15) is 20.1 Å². The Bertz CT molecular complexity index is 2970. The summed E-state index contributed by atoms with van der Waals surface area (Å²) in [6, 6.07) is 12.3. The van der Waals surface area contributed by atoms with Crippen LogP contribution in [0.1, 0.15) is 0 Å². The second-order valence-electron chi connectivity index (χ2n) is 10.7. The summed E-state index contributed by atoms with van der Waals surface area (Å²) >= 11 is 6.04. The average Bonchev–Trinajstić information content (AvgIpc) is 3.05. The van der Waals surface area contributed by atoms with Crippen molar-refractivity contribution in [2.75, 3.05) is 23.0 Å². The molecule has 0 amide bonds. The number of fused-ring (bicyclic) bond motifs is 1. The summed E-state index contributed by atoms with van der Waals surface area (Å²) < 4.78 is 169. The van der Waals surface area contributed by atoms with Gasteiger partial charge in [0.2, 0.25) is 27.6 Å². The van der Waals surface area contributed by atoms with E-state index in [1.54, 1.807) is 0 Å². The van der Waals surface area contributed by atoms with E-state index in [0.717, 1.165) is 42.5 Å². The van der Waals surface area contributed by atoms with Gasteiger partial charge in [0.05, 0.1) is 43.3 Å². The van der Waals surface area contributed by atoms with Crippen molar-refractivity contribution in [3.63, 3.8) is 0 Å². The Morgan fingerprint density at radius 1 is 0.627 bits per heavy atom. The minimum Gasteiger partial charge on any atom is -0.744 e. The van der Waals surface area contributed by atoms with Crippen LogP contribution in [0.3, 0.4) is 0 Å². The number of sulfone groups is 1. The van der Waals surface area contributed by atoms with Crippen LogP contribution in [0, 0.1) is 0 Å². The number of rotatable bonds is 14. The fraction of sp³-hybridized carbons (Fsp3) is 0.0741. The molecule has 32 heteroatoms. The van der Waals surface area contributed by atoms with Crippen LogP contribution in [0.4, 0.5) is 34.6 Å². The smallest absolute Gasteiger partial charge is 0.744 e. The summed E-state index contributed by atoms with van der Waals surface area (Å²) in [5.41, 5.74) is -1.17. The number of aromatic nitrogens is 3. The number of hydrogen-bond donors (Lipinski definition) is 2. The molecule has 22 nitrogen and oxygen atoms in total. The van der Waals surface area contributed by atoms with Gasteiger partial charge < -0.3 is 28.8 Å². The molecule has 2 N–H and O–H groups in total. The van der Waals surface area contributed by atoms with Crippen LogP contribution >= 0.6 is 11.6 Å². The molecule has 0 fully saturated rings. The van der Waals surface area contributed by atoms with Crippen LogP contribution in [-0.2, 0) is 54.8 Å². The second kappa shape index (κ2) is 22.2. The molecule has 0 saturated carbocycles. The topological polar surface area (TPSA) is 360 Å². The van der Waals surface area contributed by atoms with Crippen molar-refractivity contribution in [1.29, 1.82) is 0 Å². The monoisotopic (exact) mass is 967 g/mol. The summed E-state index contributed by atoms with van der Waals surface area (Å²) in [5, 5.41) is 11.9. The molecular formula is C27H18ClN7Na4O15S5. The number of nitrogens with one attached hydrogen (secondary N) is 2. The fourth-order valence-corrected chi connectivity index (χ4v) is 7.89. The molecule has 5 rings (SSSR count). The van der Waals surface area contributed by atoms with Gasteiger partial charge in [0.1, 0.15) is 36.0 Å². The molecule has 4 aromatic carbocycles. The van der Waals surface area contributed by atoms with Crippen LogP contribution in [0.5, 0.6) is 0 Å². The summed E-state index contributed by atoms with van der Waals surface area (Å²) in [7, 11) is -24.9. The minimum atomic E-state index is -5.41. The number of azo groups is 1. The van der Waals surface area contributed by atoms with Gasteiger partial charge in [0.25, 0.3) is 0 Å². The van der Waals surface area contributed by atoms with Gasteiger partial charge in [-0.3, -0.25) is 4.18 Å². The van der Waals surface area contributed by atoms with Gasteiger partial charge in [-0.1, -0.05) is 12.1 Å². The summed E-state index contributed by atoms with van der Waals surface area (Å²) in [6.07, 6.45) is 0. The molecule has 59 heavy (non-hydrogen) atoms. The summed E-state index contributed by atoms with van der Waals surface area (Å²) in [4.78, 5) is 8.78. The van der Waals surface area contributed by atoms with Gasteiger partial charge >= 0.3 is 118 Å². The first-order chi connectivity index (χ1) is 25.4. The first-order valence-electron chi connectivity index (χ1n) is 14.3. The van der Waals surface area contributed by atoms with Crippen molar-refractivity contribution < 1.29 is 183 Å². The number of anilines is 4. The number of benzene rings is 4. The molecule has 1 aromatic heterocycles. The normalized spacial score (nSPS) is 12.1. The molecule has 0 spiro atoms. The van der Waals surface area contributed by atoms with Crippen molar-refractivity contribution in [2.45, 2.75) is 19.6 Å². The Labute approximate surface area is 430 Å². The van der Waals surface area contributed by atoms with E-state index in [0.29, 0.717) is 6.07 Å². The maximum Gasteiger partial charge on any atom is 1.00 e. The third-order valence-electron chi connectivity index (χ3n) is 6.83. The fourth-order valence-electron chi connectivity index (χ4n) is 4.53. The zero-order valence-corrected chi connectivity index (χ0v) is 43.5. The van der Waals surface area contributed by atoms with Crippen LogP contribution in [0.25, 0.3) is 10.8 Å². The predicted octanol–water partition coefficient (Wildman–Crippen LogP) is -9.44. The molecule has 0 aliphatic rings. The SMILES string of the molecule is O=S(=O)([O-])OCCS(=O)(=O)c1cccc(N=Nc2cc3c(Nc4nc(Cl)nc(Nc5cccc(S(=O)(=O)[O-])c5)n4)cc(S(=O)(=O)[O-])cc3cc2S(=O)(=O)[O-])c1.[Na+].[Na+].[Na+].[Na+]. The van der Waals surface area contributed by atoms with E-state index in [9.17, 15) is 60.3 Å². The van der Waals surface area contributed by atoms with Gasteiger partial charge in [-0.05, 0) is 77.7 Å². The van der Waals surface area contributed by atoms with E-state index in [1.807, 2.05) is 0 Å². The third-order valence-corrected chi connectivity index (χ3v) is 11.6. The van der Waals surface area contributed by atoms with Gasteiger partial charge in [-0.25, -0.2) is 42.1 Å². The quantitative estimate of drug-likeness (QED) is 0.0451. The molecule has 292 valence electrons. The van der Waals surface area contributed by atoms with Gasteiger partial charge in [0.15, 0.2) is 9.84 Å². The molecule has 0 saturated heterocycles. The van der Waals surface area contributed by atoms with E-state index in [-0.39, 0.29) is 152 Å². The molecule has 0 bridgehead atoms. The third kappa shape index (κ3) is 16.0. The predicted molar refractivity (Wildman–Crippen MR) is 184 cm³/mol. The Morgan fingerprint density at radius 2 is 1.22 bits per heavy atom. The van der Waals surface area contributed by atoms with Crippen LogP contribution in [0.15, 0.2) is 103 Å². The maximum absolute atomic E-state index is 12.6. The van der Waals surface area contributed by atoms with Crippen molar-refractivity contribution in [3.05, 3.63) is 78.1 Å². The minimum absolute atomic E-state index is 0. The van der Waals surface area contributed by atoms with Crippen molar-refractivity contribution in [2.24, 2.45) is 10.2 Å². The van der Waals surface area contributed by atoms with E-state index < -0.39 is 99.5 Å². The number of nitrogens with zero attached hydrogens (tertiary/aromatic N) is 5. The van der Waals surface area contributed by atoms with E-state index in [4.69, 9.17) is 11.6 Å². The molecule has 0 aliphatic carbocycles. The van der Waals surface area contributed by atoms with Crippen molar-refractivity contribution in [3.8, 4) is 0 Å². The van der Waals surface area contributed by atoms with E-state index in [2.05, 4.69) is 40.0 Å². The van der Waals surface area contributed by atoms with Crippen LogP contribution < -0.4 is 129 Å². The molecule has 0 unspecified atom stereocenters. The Hall–Kier alpha value is -0.810. The molecular weight excluding hydrogens is 950 g/mol. The first kappa shape index (κ1) is 56.2. The summed E-state index contributed by atoms with van der Waals surface area (Å²) in [5.74, 6) is -1.70. The van der Waals surface area contributed by atoms with Gasteiger partial charge in [-0.15, -0.1) is 5.11 Å². The zero-order chi connectivity index (χ0) is 40.6. The summed E-state index contributed by atoms with van der Waals surface area (Å²) in [6.45, 7) is -0.995. The number of hydrogen-bond acceptors (Lipinski definition) is 22. The molecule has 0 radical (unpaired) electrons. The first-order valence-corrected chi connectivity index (χ1v) is 21.9. The largest absolute Gasteiger partial charge is 1.00 e. The molecule has 0 atom stereocenters. The van der Waals surface area contributed by atoms with Crippen molar-refractivity contribution in [1.82, 2.24) is 15.0 Å². The number of halogens is 1. The Kier molecular flexibility index (Phi) is 21.1. The van der Waals surface area contributed by atoms with E-state index in [1.165, 1.54) is 24.3 Å². The Morgan fingerprint density at radius 3 is 1.81 bits per heavy atom. The van der Waals surface area contributed by atoms with Crippen LogP contribution in [-0.4, -0.2) is 87.6 Å². The molecule has 0 aliphatic heterocycles. The standard InChI is InChI=1S/C27H22ClN7O15S5.4Na/c28-25-31-26(29-16-3-1-6-19(11-16)52(38,39)40)33-27(32-25)30-22-13-20(53(41,42)43)9-15-10-24(54(44,45)46)23(14-21(15)22)35-34-17-4-2-5-18(12-17)51(36,37)8-7-50-55(47,48)49;;;;/h1-6,9-14H,7-8H2,(H,38,39,40)(H,41,42,43)(H,44,45,46)(H,47,48,49)(H2,29,30,31,32,33);;;;/q;4*+1/p-4. The molecule has 1 heterocycles. The second-order valence-corrected chi connectivity index (χ2v) is 18.3. The maximum atomic E-state index is 12.6. The van der Waals surface area contributed by atoms with Gasteiger partial charge in [0, 0.05) is 11.1 Å². The van der Waals surface area contributed by atoms with Crippen molar-refractivity contribution >= 4 is 108 Å². The Balaban J connectivity index is 0.00000435. The van der Waals surface area contributed by atoms with E-state index >= 15 is 0 Å². The van der Waals surface area contributed by atoms with Crippen LogP contribution in [0.2, 0.25) is 5.28 Å². The zero-order valence-electron chi connectivity index (χ0n) is 30.6. The average molecular weight is 968 g/mol.